The van der Waals surface area contributed by atoms with Gasteiger partial charge in [-0.15, -0.1) is 0 Å². The number of carbonyl (C=O) groups excluding carboxylic acids is 2. The van der Waals surface area contributed by atoms with E-state index >= 15 is 0 Å². The molecule has 4 fully saturated rings. The smallest absolute Gasteiger partial charge is 0.407 e. The summed E-state index contributed by atoms with van der Waals surface area (Å²) in [5.74, 6) is 3.05. The molecule has 1 aromatic heterocycles. The van der Waals surface area contributed by atoms with E-state index in [-0.39, 0.29) is 24.5 Å². The van der Waals surface area contributed by atoms with Gasteiger partial charge in [-0.3, -0.25) is 9.59 Å². The highest BCUT2D eigenvalue weighted by molar-refractivity contribution is 5.83. The molecule has 6 rings (SSSR count). The summed E-state index contributed by atoms with van der Waals surface area (Å²) in [5, 5.41) is 16.8. The fraction of sp³-hybridized carbons (Fsp3) is 0.756. The zero-order valence-corrected chi connectivity index (χ0v) is 33.2. The number of aromatic amines is 1. The number of carboxylic acid groups (broad SMARTS) is 1. The average Bonchev–Trinajstić information content (AvgIpc) is 3.70. The monoisotopic (exact) mass is 732 g/mol. The minimum absolute atomic E-state index is 0.0348. The van der Waals surface area contributed by atoms with Crippen LogP contribution in [0.15, 0.2) is 30.5 Å². The van der Waals surface area contributed by atoms with Crippen LogP contribution in [0.3, 0.4) is 0 Å². The number of carbonyl (C=O) groups is 3. The molecular weight excluding hydrogens is 663 g/mol. The second-order valence-corrected chi connectivity index (χ2v) is 18.3. The lowest BCUT2D eigenvalue weighted by Gasteiger charge is -2.61. The van der Waals surface area contributed by atoms with Crippen molar-refractivity contribution in [1.82, 2.24) is 15.6 Å². The second-order valence-electron chi connectivity index (χ2n) is 18.3. The summed E-state index contributed by atoms with van der Waals surface area (Å²) in [4.78, 5) is 41.0. The van der Waals surface area contributed by atoms with Gasteiger partial charge in [0.2, 0.25) is 5.91 Å². The zero-order chi connectivity index (χ0) is 37.6. The van der Waals surface area contributed by atoms with Crippen LogP contribution in [0.2, 0.25) is 0 Å². The molecule has 0 aliphatic heterocycles. The number of hydrogen-bond acceptors (Lipinski definition) is 4. The molecule has 8 nitrogen and oxygen atoms in total. The predicted molar refractivity (Wildman–Crippen MR) is 211 cm³/mol. The first-order chi connectivity index (χ1) is 25.5. The van der Waals surface area contributed by atoms with E-state index in [9.17, 15) is 19.5 Å². The van der Waals surface area contributed by atoms with Crippen LogP contribution in [0.5, 0.6) is 0 Å². The number of aliphatic carboxylic acids is 1. The van der Waals surface area contributed by atoms with Crippen molar-refractivity contribution >= 4 is 28.9 Å². The molecule has 4 aliphatic rings. The van der Waals surface area contributed by atoms with E-state index in [2.05, 4.69) is 43.3 Å². The van der Waals surface area contributed by atoms with Crippen molar-refractivity contribution < 1.29 is 24.2 Å². The predicted octanol–water partition coefficient (Wildman–Crippen LogP) is 10.2. The first-order valence-corrected chi connectivity index (χ1v) is 21.5. The Morgan fingerprint density at radius 1 is 0.943 bits per heavy atom. The van der Waals surface area contributed by atoms with Crippen LogP contribution in [0.25, 0.3) is 10.9 Å². The van der Waals surface area contributed by atoms with Crippen molar-refractivity contribution in [2.45, 2.75) is 162 Å². The van der Waals surface area contributed by atoms with Crippen molar-refractivity contribution in [2.75, 3.05) is 6.54 Å². The maximum absolute atomic E-state index is 13.3. The number of benzene rings is 1. The number of nitrogens with one attached hydrogen (secondary N) is 3. The highest BCUT2D eigenvalue weighted by Gasteiger charge is 2.60. The van der Waals surface area contributed by atoms with Crippen LogP contribution >= 0.6 is 0 Å². The number of hydrogen-bond donors (Lipinski definition) is 4. The van der Waals surface area contributed by atoms with Gasteiger partial charge in [-0.2, -0.15) is 0 Å². The summed E-state index contributed by atoms with van der Waals surface area (Å²) in [5.41, 5.74) is 2.70. The number of H-pyrrole nitrogens is 1. The molecular formula is C45H69N3O5. The van der Waals surface area contributed by atoms with Gasteiger partial charge in [-0.25, -0.2) is 4.79 Å². The van der Waals surface area contributed by atoms with E-state index in [4.69, 9.17) is 4.74 Å². The lowest BCUT2D eigenvalue weighted by molar-refractivity contribution is -0.137. The Morgan fingerprint density at radius 3 is 2.51 bits per heavy atom. The highest BCUT2D eigenvalue weighted by Crippen LogP contribution is 2.68. The van der Waals surface area contributed by atoms with E-state index in [0.29, 0.717) is 41.4 Å². The number of fused-ring (bicyclic) bond motifs is 6. The number of para-hydroxylation sites is 1. The fourth-order valence-electron chi connectivity index (χ4n) is 12.4. The maximum atomic E-state index is 13.3. The lowest BCUT2D eigenvalue weighted by Crippen LogP contribution is -2.54. The number of rotatable bonds is 17. The van der Waals surface area contributed by atoms with Crippen molar-refractivity contribution in [3.63, 3.8) is 0 Å². The van der Waals surface area contributed by atoms with E-state index in [1.165, 1.54) is 70.6 Å². The minimum atomic E-state index is -0.894. The van der Waals surface area contributed by atoms with E-state index in [1.807, 2.05) is 30.5 Å². The lowest BCUT2D eigenvalue weighted by atomic mass is 9.44. The zero-order valence-electron chi connectivity index (χ0n) is 33.2. The van der Waals surface area contributed by atoms with Crippen LogP contribution in [-0.2, 0) is 20.7 Å². The third-order valence-electron chi connectivity index (χ3n) is 15.2. The van der Waals surface area contributed by atoms with Crippen LogP contribution in [0.4, 0.5) is 4.79 Å². The summed E-state index contributed by atoms with van der Waals surface area (Å²) >= 11 is 0. The molecule has 0 unspecified atom stereocenters. The number of aromatic nitrogens is 1. The Balaban J connectivity index is 0.974. The molecule has 2 aromatic rings. The SMILES string of the molecule is CCCCCCCCNC(=O)O[C@@H]1CC[C@@]2(C)[C@H](CC[C@@H]3[C@@H]2CC[C@]2(C)[C@@H]([C@H](C)CCC(=O)N[C@H](CC(=O)O)Cc4c[nH]c5ccccc45)CC[C@@H]32)C1. The largest absolute Gasteiger partial charge is 0.481 e. The normalized spacial score (nSPS) is 31.8. The first kappa shape index (κ1) is 39.7. The van der Waals surface area contributed by atoms with Gasteiger partial charge in [0.05, 0.1) is 6.42 Å². The standard InChI is InChI=1S/C45H69N3O5/c1-5-6-7-8-9-12-25-46-43(52)53-34-21-23-44(3)32(27-34)16-17-36-38-19-18-37(45(38,4)24-22-39(36)44)30(2)15-20-41(49)48-33(28-42(50)51)26-31-29-47-40-14-11-10-13-35(31)40/h10-11,13-14,29-30,32-34,36-39,47H,5-9,12,15-28H2,1-4H3,(H,46,52)(H,48,49)(H,50,51)/t30-,32-,33+,34-,36+,37-,38+,39+,44+,45-/m1/s1. The van der Waals surface area contributed by atoms with Gasteiger partial charge < -0.3 is 25.5 Å². The Morgan fingerprint density at radius 2 is 1.70 bits per heavy atom. The molecule has 0 bridgehead atoms. The molecule has 1 heterocycles. The third-order valence-corrected chi connectivity index (χ3v) is 15.2. The van der Waals surface area contributed by atoms with Crippen LogP contribution in [0.1, 0.15) is 149 Å². The third kappa shape index (κ3) is 9.10. The Kier molecular flexibility index (Phi) is 13.2. The van der Waals surface area contributed by atoms with E-state index < -0.39 is 12.0 Å². The van der Waals surface area contributed by atoms with Gasteiger partial charge >= 0.3 is 12.1 Å². The number of unbranched alkanes of at least 4 members (excludes halogenated alkanes) is 5. The Labute approximate surface area is 318 Å². The molecule has 1 aromatic carbocycles. The summed E-state index contributed by atoms with van der Waals surface area (Å²) in [6, 6.07) is 7.58. The molecule has 2 amide bonds. The highest BCUT2D eigenvalue weighted by atomic mass is 16.6. The summed E-state index contributed by atoms with van der Waals surface area (Å²) < 4.78 is 6.00. The van der Waals surface area contributed by atoms with Crippen molar-refractivity contribution in [2.24, 2.45) is 46.3 Å². The number of amides is 2. The van der Waals surface area contributed by atoms with Gasteiger partial charge in [0.25, 0.3) is 0 Å². The van der Waals surface area contributed by atoms with E-state index in [1.54, 1.807) is 0 Å². The minimum Gasteiger partial charge on any atom is -0.481 e. The van der Waals surface area contributed by atoms with E-state index in [0.717, 1.165) is 72.9 Å². The molecule has 0 radical (unpaired) electrons. The van der Waals surface area contributed by atoms with Gasteiger partial charge in [-0.05, 0) is 135 Å². The molecule has 4 saturated carbocycles. The van der Waals surface area contributed by atoms with Crippen LogP contribution in [-0.4, -0.2) is 46.8 Å². The molecule has 4 N–H and O–H groups in total. The van der Waals surface area contributed by atoms with Gasteiger partial charge in [0.15, 0.2) is 0 Å². The second kappa shape index (κ2) is 17.6. The molecule has 53 heavy (non-hydrogen) atoms. The van der Waals surface area contributed by atoms with Crippen molar-refractivity contribution in [1.29, 1.82) is 0 Å². The average molecular weight is 732 g/mol. The Bertz CT molecular complexity index is 1540. The molecule has 4 aliphatic carbocycles. The molecule has 294 valence electrons. The first-order valence-electron chi connectivity index (χ1n) is 21.5. The molecule has 0 saturated heterocycles. The maximum Gasteiger partial charge on any atom is 0.407 e. The quantitative estimate of drug-likeness (QED) is 0.121. The van der Waals surface area contributed by atoms with Crippen molar-refractivity contribution in [3.8, 4) is 0 Å². The molecule has 10 atom stereocenters. The van der Waals surface area contributed by atoms with Gasteiger partial charge in [0, 0.05) is 36.1 Å². The summed E-state index contributed by atoms with van der Waals surface area (Å²) in [7, 11) is 0. The topological polar surface area (TPSA) is 121 Å². The molecule has 8 heteroatoms. The number of ether oxygens (including phenoxy) is 1. The summed E-state index contributed by atoms with van der Waals surface area (Å²) in [6.07, 6.45) is 21.6. The number of alkyl carbamates (subject to hydrolysis) is 1. The number of carboxylic acids is 1. The Hall–Kier alpha value is -3.03. The van der Waals surface area contributed by atoms with Gasteiger partial charge in [-0.1, -0.05) is 78.0 Å². The van der Waals surface area contributed by atoms with Gasteiger partial charge in [0.1, 0.15) is 6.10 Å². The van der Waals surface area contributed by atoms with Crippen molar-refractivity contribution in [3.05, 3.63) is 36.0 Å². The van der Waals surface area contributed by atoms with Crippen LogP contribution < -0.4 is 10.6 Å². The fourth-order valence-corrected chi connectivity index (χ4v) is 12.4. The van der Waals surface area contributed by atoms with Crippen LogP contribution in [0, 0.1) is 46.3 Å². The summed E-state index contributed by atoms with van der Waals surface area (Å²) in [6.45, 7) is 10.5. The molecule has 0 spiro atoms.